The van der Waals surface area contributed by atoms with Crippen LogP contribution >= 0.6 is 12.2 Å². The molecule has 0 aromatic heterocycles. The second-order valence-electron chi connectivity index (χ2n) is 7.02. The van der Waals surface area contributed by atoms with Crippen molar-refractivity contribution in [2.75, 3.05) is 12.1 Å². The van der Waals surface area contributed by atoms with Gasteiger partial charge in [-0.3, -0.25) is 0 Å². The van der Waals surface area contributed by atoms with Crippen LogP contribution in [0.3, 0.4) is 0 Å². The first-order valence-electron chi connectivity index (χ1n) is 8.47. The number of thiocarbonyl (C=S) groups is 1. The molecule has 0 saturated carbocycles. The summed E-state index contributed by atoms with van der Waals surface area (Å²) in [4.78, 5) is 0. The molecule has 1 aliphatic heterocycles. The zero-order valence-corrected chi connectivity index (χ0v) is 15.7. The summed E-state index contributed by atoms with van der Waals surface area (Å²) in [6, 6.07) is 16.5. The van der Waals surface area contributed by atoms with Gasteiger partial charge >= 0.3 is 0 Å². The molecular formula is C20H24N2O2S. The van der Waals surface area contributed by atoms with Crippen LogP contribution in [0, 0.1) is 0 Å². The van der Waals surface area contributed by atoms with Crippen molar-refractivity contribution in [2.24, 2.45) is 0 Å². The number of rotatable bonds is 5. The minimum Gasteiger partial charge on any atom is -0.454 e. The molecule has 0 fully saturated rings. The molecule has 0 bridgehead atoms. The van der Waals surface area contributed by atoms with Gasteiger partial charge in [0.15, 0.2) is 16.6 Å². The Labute approximate surface area is 154 Å². The maximum absolute atomic E-state index is 5.45. The zero-order valence-electron chi connectivity index (χ0n) is 14.8. The molecule has 1 aliphatic rings. The summed E-state index contributed by atoms with van der Waals surface area (Å²) in [6.07, 6.45) is 0.972. The molecule has 1 unspecified atom stereocenters. The Morgan fingerprint density at radius 2 is 1.84 bits per heavy atom. The lowest BCUT2D eigenvalue weighted by molar-refractivity contribution is 0.174. The molecule has 0 spiro atoms. The van der Waals surface area contributed by atoms with Crippen LogP contribution in [0.2, 0.25) is 0 Å². The predicted molar refractivity (Wildman–Crippen MR) is 105 cm³/mol. The molecule has 132 valence electrons. The van der Waals surface area contributed by atoms with Crippen molar-refractivity contribution >= 4 is 23.0 Å². The molecule has 2 aromatic rings. The molecule has 3 rings (SSSR count). The van der Waals surface area contributed by atoms with Crippen LogP contribution in [-0.4, -0.2) is 17.9 Å². The average molecular weight is 356 g/mol. The monoisotopic (exact) mass is 356 g/mol. The third-order valence-electron chi connectivity index (χ3n) is 4.38. The lowest BCUT2D eigenvalue weighted by Gasteiger charge is -2.29. The van der Waals surface area contributed by atoms with Crippen molar-refractivity contribution in [1.82, 2.24) is 5.32 Å². The lowest BCUT2D eigenvalue weighted by Crippen LogP contribution is -2.39. The first kappa shape index (κ1) is 17.5. The molecule has 2 aromatic carbocycles. The van der Waals surface area contributed by atoms with E-state index in [4.69, 9.17) is 21.7 Å². The van der Waals surface area contributed by atoms with Crippen molar-refractivity contribution in [2.45, 2.75) is 38.6 Å². The summed E-state index contributed by atoms with van der Waals surface area (Å²) in [5.41, 5.74) is 2.29. The Kier molecular flexibility index (Phi) is 5.13. The molecule has 0 saturated heterocycles. The van der Waals surface area contributed by atoms with E-state index < -0.39 is 0 Å². The van der Waals surface area contributed by atoms with Gasteiger partial charge < -0.3 is 20.1 Å². The van der Waals surface area contributed by atoms with E-state index in [9.17, 15) is 0 Å². The SMILES string of the molecule is CC(CC(C)(C)c1ccccc1)NC(=S)Nc1ccc2c(c1)OCO2. The lowest BCUT2D eigenvalue weighted by atomic mass is 9.79. The number of ether oxygens (including phenoxy) is 2. The normalized spacial score (nSPS) is 14.0. The molecule has 0 aliphatic carbocycles. The van der Waals surface area contributed by atoms with Gasteiger partial charge in [0.2, 0.25) is 6.79 Å². The number of benzene rings is 2. The van der Waals surface area contributed by atoms with Crippen molar-refractivity contribution in [3.8, 4) is 11.5 Å². The van der Waals surface area contributed by atoms with Crippen molar-refractivity contribution in [3.63, 3.8) is 0 Å². The Bertz CT molecular complexity index is 747. The quantitative estimate of drug-likeness (QED) is 0.775. The third-order valence-corrected chi connectivity index (χ3v) is 4.60. The molecule has 1 heterocycles. The van der Waals surface area contributed by atoms with Crippen LogP contribution in [0.25, 0.3) is 0 Å². The Hall–Kier alpha value is -2.27. The first-order valence-corrected chi connectivity index (χ1v) is 8.87. The average Bonchev–Trinajstić information content (AvgIpc) is 3.02. The Balaban J connectivity index is 1.55. The standard InChI is InChI=1S/C20H24N2O2S/c1-14(12-20(2,3)15-7-5-4-6-8-15)21-19(25)22-16-9-10-17-18(11-16)24-13-23-17/h4-11,14H,12-13H2,1-3H3,(H2,21,22,25). The van der Waals surface area contributed by atoms with Gasteiger partial charge in [-0.05, 0) is 48.7 Å². The maximum Gasteiger partial charge on any atom is 0.231 e. The fraction of sp³-hybridized carbons (Fsp3) is 0.350. The van der Waals surface area contributed by atoms with E-state index in [-0.39, 0.29) is 18.2 Å². The molecule has 5 heteroatoms. The molecule has 4 nitrogen and oxygen atoms in total. The topological polar surface area (TPSA) is 42.5 Å². The first-order chi connectivity index (χ1) is 11.9. The van der Waals surface area contributed by atoms with Crippen LogP contribution in [0.4, 0.5) is 5.69 Å². The van der Waals surface area contributed by atoms with E-state index in [1.807, 2.05) is 24.3 Å². The van der Waals surface area contributed by atoms with E-state index in [1.54, 1.807) is 0 Å². The van der Waals surface area contributed by atoms with E-state index in [0.29, 0.717) is 5.11 Å². The van der Waals surface area contributed by atoms with Gasteiger partial charge in [0.05, 0.1) is 0 Å². The van der Waals surface area contributed by atoms with Gasteiger partial charge in [0, 0.05) is 17.8 Å². The number of nitrogens with one attached hydrogen (secondary N) is 2. The predicted octanol–water partition coefficient (Wildman–Crippen LogP) is 4.46. The summed E-state index contributed by atoms with van der Waals surface area (Å²) in [7, 11) is 0. The van der Waals surface area contributed by atoms with Crippen LogP contribution in [0.15, 0.2) is 48.5 Å². The Morgan fingerprint density at radius 1 is 1.12 bits per heavy atom. The second-order valence-corrected chi connectivity index (χ2v) is 7.43. The van der Waals surface area contributed by atoms with Gasteiger partial charge in [-0.15, -0.1) is 0 Å². The van der Waals surface area contributed by atoms with Gasteiger partial charge in [-0.1, -0.05) is 44.2 Å². The number of hydrogen-bond donors (Lipinski definition) is 2. The molecule has 25 heavy (non-hydrogen) atoms. The highest BCUT2D eigenvalue weighted by atomic mass is 32.1. The van der Waals surface area contributed by atoms with Gasteiger partial charge in [-0.25, -0.2) is 0 Å². The largest absolute Gasteiger partial charge is 0.454 e. The van der Waals surface area contributed by atoms with Crippen LogP contribution in [0.1, 0.15) is 32.8 Å². The van der Waals surface area contributed by atoms with Gasteiger partial charge in [0.25, 0.3) is 0 Å². The molecule has 0 amide bonds. The van der Waals surface area contributed by atoms with E-state index in [0.717, 1.165) is 23.6 Å². The summed E-state index contributed by atoms with van der Waals surface area (Å²) in [5.74, 6) is 1.51. The van der Waals surface area contributed by atoms with E-state index in [2.05, 4.69) is 55.7 Å². The third kappa shape index (κ3) is 4.42. The highest BCUT2D eigenvalue weighted by molar-refractivity contribution is 7.80. The van der Waals surface area contributed by atoms with Gasteiger partial charge in [0.1, 0.15) is 0 Å². The fourth-order valence-electron chi connectivity index (χ4n) is 3.19. The zero-order chi connectivity index (χ0) is 17.9. The van der Waals surface area contributed by atoms with E-state index >= 15 is 0 Å². The summed E-state index contributed by atoms with van der Waals surface area (Å²) in [6.45, 7) is 6.94. The molecule has 0 radical (unpaired) electrons. The number of hydrogen-bond acceptors (Lipinski definition) is 3. The number of anilines is 1. The molecule has 1 atom stereocenters. The van der Waals surface area contributed by atoms with Crippen LogP contribution < -0.4 is 20.1 Å². The minimum absolute atomic E-state index is 0.0715. The fourth-order valence-corrected chi connectivity index (χ4v) is 3.51. The Morgan fingerprint density at radius 3 is 2.60 bits per heavy atom. The second kappa shape index (κ2) is 7.31. The molecule has 2 N–H and O–H groups in total. The summed E-state index contributed by atoms with van der Waals surface area (Å²) >= 11 is 5.45. The van der Waals surface area contributed by atoms with Crippen LogP contribution in [0.5, 0.6) is 11.5 Å². The minimum atomic E-state index is 0.0715. The maximum atomic E-state index is 5.45. The van der Waals surface area contributed by atoms with Crippen molar-refractivity contribution in [1.29, 1.82) is 0 Å². The van der Waals surface area contributed by atoms with Crippen molar-refractivity contribution in [3.05, 3.63) is 54.1 Å². The van der Waals surface area contributed by atoms with Crippen molar-refractivity contribution < 1.29 is 9.47 Å². The van der Waals surface area contributed by atoms with E-state index in [1.165, 1.54) is 5.56 Å². The highest BCUT2D eigenvalue weighted by Crippen LogP contribution is 2.34. The number of fused-ring (bicyclic) bond motifs is 1. The molecular weight excluding hydrogens is 332 g/mol. The smallest absolute Gasteiger partial charge is 0.231 e. The van der Waals surface area contributed by atoms with Crippen LogP contribution in [-0.2, 0) is 5.41 Å². The highest BCUT2D eigenvalue weighted by Gasteiger charge is 2.23. The summed E-state index contributed by atoms with van der Waals surface area (Å²) < 4.78 is 10.7. The summed E-state index contributed by atoms with van der Waals surface area (Å²) in [5, 5.41) is 7.19. The van der Waals surface area contributed by atoms with Gasteiger partial charge in [-0.2, -0.15) is 0 Å².